The SMILES string of the molecule is CCN(CC)CC(O)C(C)c1ccc2sc3ccccc3c2c1. The summed E-state index contributed by atoms with van der Waals surface area (Å²) in [7, 11) is 0. The van der Waals surface area contributed by atoms with Gasteiger partial charge in [0.1, 0.15) is 0 Å². The van der Waals surface area contributed by atoms with E-state index in [4.69, 9.17) is 0 Å². The zero-order chi connectivity index (χ0) is 16.4. The molecule has 23 heavy (non-hydrogen) atoms. The summed E-state index contributed by atoms with van der Waals surface area (Å²) in [5.41, 5.74) is 1.22. The Bertz CT molecular complexity index is 791. The van der Waals surface area contributed by atoms with Crippen LogP contribution in [-0.4, -0.2) is 35.7 Å². The molecule has 0 spiro atoms. The second kappa shape index (κ2) is 7.00. The van der Waals surface area contributed by atoms with E-state index in [1.165, 1.54) is 25.7 Å². The van der Waals surface area contributed by atoms with E-state index in [1.54, 1.807) is 0 Å². The minimum atomic E-state index is -0.336. The van der Waals surface area contributed by atoms with Crippen molar-refractivity contribution >= 4 is 31.5 Å². The number of hydrogen-bond acceptors (Lipinski definition) is 3. The molecule has 2 unspecified atom stereocenters. The predicted octanol–water partition coefficient (Wildman–Crippen LogP) is 4.86. The number of aliphatic hydroxyl groups is 1. The monoisotopic (exact) mass is 327 g/mol. The van der Waals surface area contributed by atoms with Crippen LogP contribution in [0.25, 0.3) is 20.2 Å². The Balaban J connectivity index is 1.91. The van der Waals surface area contributed by atoms with Gasteiger partial charge in [0.25, 0.3) is 0 Å². The highest BCUT2D eigenvalue weighted by molar-refractivity contribution is 7.25. The summed E-state index contributed by atoms with van der Waals surface area (Å²) in [6.45, 7) is 9.11. The number of aliphatic hydroxyl groups excluding tert-OH is 1. The van der Waals surface area contributed by atoms with E-state index < -0.39 is 0 Å². The van der Waals surface area contributed by atoms with Crippen LogP contribution >= 0.6 is 11.3 Å². The first kappa shape index (κ1) is 16.4. The van der Waals surface area contributed by atoms with E-state index in [9.17, 15) is 5.11 Å². The third kappa shape index (κ3) is 3.27. The first-order valence-corrected chi connectivity index (χ1v) is 9.27. The van der Waals surface area contributed by atoms with Crippen molar-refractivity contribution in [1.82, 2.24) is 4.90 Å². The molecular formula is C20H25NOS. The lowest BCUT2D eigenvalue weighted by molar-refractivity contribution is 0.0989. The Morgan fingerprint density at radius 1 is 1.00 bits per heavy atom. The Labute approximate surface area is 142 Å². The molecule has 0 saturated carbocycles. The molecule has 0 amide bonds. The molecule has 2 atom stereocenters. The molecule has 1 N–H and O–H groups in total. The standard InChI is InChI=1S/C20H25NOS/c1-4-21(5-2)13-18(22)14(3)15-10-11-20-17(12-15)16-8-6-7-9-19(16)23-20/h6-12,14,18,22H,4-5,13H2,1-3H3. The average molecular weight is 327 g/mol. The Hall–Kier alpha value is -1.42. The fourth-order valence-electron chi connectivity index (χ4n) is 3.15. The number of benzene rings is 2. The van der Waals surface area contributed by atoms with Crippen LogP contribution in [0.4, 0.5) is 0 Å². The third-order valence-corrected chi connectivity index (χ3v) is 6.00. The van der Waals surface area contributed by atoms with Crippen molar-refractivity contribution in [2.24, 2.45) is 0 Å². The minimum Gasteiger partial charge on any atom is -0.391 e. The van der Waals surface area contributed by atoms with Crippen LogP contribution in [0.2, 0.25) is 0 Å². The van der Waals surface area contributed by atoms with Crippen LogP contribution in [0.1, 0.15) is 32.3 Å². The molecule has 2 aromatic carbocycles. The molecule has 0 bridgehead atoms. The van der Waals surface area contributed by atoms with Gasteiger partial charge in [-0.15, -0.1) is 11.3 Å². The van der Waals surface area contributed by atoms with E-state index in [-0.39, 0.29) is 12.0 Å². The average Bonchev–Trinajstić information content (AvgIpc) is 2.96. The maximum absolute atomic E-state index is 10.6. The number of rotatable bonds is 6. The summed E-state index contributed by atoms with van der Waals surface area (Å²) in [5.74, 6) is 0.138. The van der Waals surface area contributed by atoms with Crippen molar-refractivity contribution in [3.8, 4) is 0 Å². The lowest BCUT2D eigenvalue weighted by atomic mass is 9.93. The Kier molecular flexibility index (Phi) is 5.00. The van der Waals surface area contributed by atoms with Crippen LogP contribution in [0.15, 0.2) is 42.5 Å². The highest BCUT2D eigenvalue weighted by Gasteiger charge is 2.19. The number of likely N-dealkylation sites (N-methyl/N-ethyl adjacent to an activating group) is 1. The van der Waals surface area contributed by atoms with Gasteiger partial charge in [-0.2, -0.15) is 0 Å². The molecule has 1 heterocycles. The van der Waals surface area contributed by atoms with E-state index in [0.29, 0.717) is 0 Å². The number of thiophene rings is 1. The van der Waals surface area contributed by atoms with Gasteiger partial charge >= 0.3 is 0 Å². The van der Waals surface area contributed by atoms with Crippen molar-refractivity contribution in [3.63, 3.8) is 0 Å². The van der Waals surface area contributed by atoms with Crippen LogP contribution in [-0.2, 0) is 0 Å². The van der Waals surface area contributed by atoms with Gasteiger partial charge in [-0.05, 0) is 36.9 Å². The zero-order valence-corrected chi connectivity index (χ0v) is 14.9. The summed E-state index contributed by atoms with van der Waals surface area (Å²) in [5, 5.41) is 13.2. The van der Waals surface area contributed by atoms with Crippen LogP contribution in [0, 0.1) is 0 Å². The third-order valence-electron chi connectivity index (χ3n) is 4.84. The summed E-state index contributed by atoms with van der Waals surface area (Å²) < 4.78 is 2.65. The van der Waals surface area contributed by atoms with Gasteiger partial charge in [0.2, 0.25) is 0 Å². The maximum atomic E-state index is 10.6. The Morgan fingerprint density at radius 2 is 1.70 bits per heavy atom. The van der Waals surface area contributed by atoms with Gasteiger partial charge in [-0.25, -0.2) is 0 Å². The highest BCUT2D eigenvalue weighted by atomic mass is 32.1. The van der Waals surface area contributed by atoms with Crippen molar-refractivity contribution in [3.05, 3.63) is 48.0 Å². The van der Waals surface area contributed by atoms with E-state index >= 15 is 0 Å². The zero-order valence-electron chi connectivity index (χ0n) is 14.1. The topological polar surface area (TPSA) is 23.5 Å². The first-order valence-electron chi connectivity index (χ1n) is 8.45. The van der Waals surface area contributed by atoms with E-state index in [1.807, 2.05) is 11.3 Å². The highest BCUT2D eigenvalue weighted by Crippen LogP contribution is 2.35. The molecule has 0 aliphatic heterocycles. The summed E-state index contributed by atoms with van der Waals surface area (Å²) in [4.78, 5) is 2.28. The largest absolute Gasteiger partial charge is 0.391 e. The maximum Gasteiger partial charge on any atom is 0.0732 e. The van der Waals surface area contributed by atoms with E-state index in [0.717, 1.165) is 19.6 Å². The van der Waals surface area contributed by atoms with E-state index in [2.05, 4.69) is 68.1 Å². The number of hydrogen-bond donors (Lipinski definition) is 1. The van der Waals surface area contributed by atoms with Gasteiger partial charge in [-0.1, -0.05) is 45.0 Å². The van der Waals surface area contributed by atoms with Crippen molar-refractivity contribution in [2.75, 3.05) is 19.6 Å². The van der Waals surface area contributed by atoms with Gasteiger partial charge in [0.15, 0.2) is 0 Å². The van der Waals surface area contributed by atoms with Gasteiger partial charge < -0.3 is 10.0 Å². The van der Waals surface area contributed by atoms with Crippen molar-refractivity contribution in [1.29, 1.82) is 0 Å². The first-order chi connectivity index (χ1) is 11.1. The minimum absolute atomic E-state index is 0.138. The smallest absolute Gasteiger partial charge is 0.0732 e. The molecule has 3 aromatic rings. The summed E-state index contributed by atoms with van der Waals surface area (Å²) >= 11 is 1.84. The van der Waals surface area contributed by atoms with Crippen LogP contribution in [0.5, 0.6) is 0 Å². The quantitative estimate of drug-likeness (QED) is 0.699. The van der Waals surface area contributed by atoms with Crippen molar-refractivity contribution in [2.45, 2.75) is 32.8 Å². The molecule has 3 heteroatoms. The molecule has 0 radical (unpaired) electrons. The fraction of sp³-hybridized carbons (Fsp3) is 0.400. The lowest BCUT2D eigenvalue weighted by Crippen LogP contribution is -2.34. The molecule has 0 aliphatic rings. The molecule has 0 aliphatic carbocycles. The summed E-state index contributed by atoms with van der Waals surface area (Å²) in [6, 6.07) is 15.2. The van der Waals surface area contributed by atoms with Crippen LogP contribution in [0.3, 0.4) is 0 Å². The van der Waals surface area contributed by atoms with Gasteiger partial charge in [0, 0.05) is 32.6 Å². The summed E-state index contributed by atoms with van der Waals surface area (Å²) in [6.07, 6.45) is -0.336. The number of fused-ring (bicyclic) bond motifs is 3. The molecule has 1 aromatic heterocycles. The number of nitrogens with zero attached hydrogens (tertiary/aromatic N) is 1. The van der Waals surface area contributed by atoms with Gasteiger partial charge in [0.05, 0.1) is 6.10 Å². The molecule has 3 rings (SSSR count). The molecule has 0 saturated heterocycles. The fourth-order valence-corrected chi connectivity index (χ4v) is 4.24. The lowest BCUT2D eigenvalue weighted by Gasteiger charge is -2.26. The van der Waals surface area contributed by atoms with Crippen molar-refractivity contribution < 1.29 is 5.11 Å². The second-order valence-electron chi connectivity index (χ2n) is 6.20. The molecule has 0 fully saturated rings. The Morgan fingerprint density at radius 3 is 2.43 bits per heavy atom. The second-order valence-corrected chi connectivity index (χ2v) is 7.28. The van der Waals surface area contributed by atoms with Crippen LogP contribution < -0.4 is 0 Å². The molecule has 2 nitrogen and oxygen atoms in total. The molecule has 122 valence electrons. The predicted molar refractivity (Wildman–Crippen MR) is 102 cm³/mol. The van der Waals surface area contributed by atoms with Gasteiger partial charge in [-0.3, -0.25) is 0 Å². The molecular weight excluding hydrogens is 302 g/mol. The normalized spacial score (nSPS) is 14.7.